The highest BCUT2D eigenvalue weighted by Gasteiger charge is 2.19. The summed E-state index contributed by atoms with van der Waals surface area (Å²) in [5.41, 5.74) is 0. The molecular weight excluding hydrogens is 865 g/mol. The third kappa shape index (κ3) is 54.2. The van der Waals surface area contributed by atoms with Crippen molar-refractivity contribution in [3.63, 3.8) is 0 Å². The standard InChI is InChI=1S/C64H100O6/c1-4-7-10-13-16-19-22-25-28-30-32-34-36-39-42-45-48-51-54-57-63(66)69-60-61(59-68-62(65)56-53-50-47-44-41-38-35-27-24-21-18-15-12-9-6-3)70-64(67)58-55-52-49-46-43-40-37-33-31-29-26-23-20-17-14-11-8-5-2/h7,9-12,14-21,23-29,31,33,35,37,61H,4-6,8,13,22,30,32,34,36,38-60H2,1-3H3/b10-7-,12-9-,14-11-,18-15-,19-16-,20-17-,24-21-,26-23-,28-25-,31-29-,35-27-,37-33-. The van der Waals surface area contributed by atoms with E-state index in [-0.39, 0.29) is 37.5 Å². The van der Waals surface area contributed by atoms with E-state index in [9.17, 15) is 14.4 Å². The van der Waals surface area contributed by atoms with Crippen molar-refractivity contribution in [2.75, 3.05) is 13.2 Å². The second-order valence-electron chi connectivity index (χ2n) is 17.9. The maximum Gasteiger partial charge on any atom is 0.306 e. The van der Waals surface area contributed by atoms with Crippen molar-refractivity contribution in [2.24, 2.45) is 0 Å². The molecular formula is C64H100O6. The van der Waals surface area contributed by atoms with E-state index in [0.717, 1.165) is 135 Å². The lowest BCUT2D eigenvalue weighted by atomic mass is 10.1. The molecule has 0 rings (SSSR count). The molecule has 0 spiro atoms. The Morgan fingerprint density at radius 2 is 0.629 bits per heavy atom. The van der Waals surface area contributed by atoms with Gasteiger partial charge < -0.3 is 14.2 Å². The monoisotopic (exact) mass is 965 g/mol. The van der Waals surface area contributed by atoms with Gasteiger partial charge in [0.15, 0.2) is 6.10 Å². The third-order valence-electron chi connectivity index (χ3n) is 11.3. The van der Waals surface area contributed by atoms with Crippen molar-refractivity contribution in [1.29, 1.82) is 0 Å². The highest BCUT2D eigenvalue weighted by Crippen LogP contribution is 2.14. The van der Waals surface area contributed by atoms with Gasteiger partial charge in [0.2, 0.25) is 0 Å². The highest BCUT2D eigenvalue weighted by molar-refractivity contribution is 5.71. The second-order valence-corrected chi connectivity index (χ2v) is 17.9. The van der Waals surface area contributed by atoms with E-state index in [1.54, 1.807) is 0 Å². The molecule has 0 radical (unpaired) electrons. The largest absolute Gasteiger partial charge is 0.462 e. The Balaban J connectivity index is 4.51. The van der Waals surface area contributed by atoms with Gasteiger partial charge in [0.25, 0.3) is 0 Å². The average Bonchev–Trinajstić information content (AvgIpc) is 3.36. The van der Waals surface area contributed by atoms with E-state index in [1.807, 2.05) is 54.7 Å². The van der Waals surface area contributed by atoms with Gasteiger partial charge in [-0.1, -0.05) is 256 Å². The summed E-state index contributed by atoms with van der Waals surface area (Å²) in [6.07, 6.45) is 81.1. The fraction of sp³-hybridized carbons (Fsp3) is 0.578. The fourth-order valence-corrected chi connectivity index (χ4v) is 7.14. The van der Waals surface area contributed by atoms with Crippen LogP contribution in [0.1, 0.15) is 220 Å². The molecule has 0 amide bonds. The first-order valence-electron chi connectivity index (χ1n) is 28.0. The Hall–Kier alpha value is -4.71. The van der Waals surface area contributed by atoms with Crippen LogP contribution in [0.5, 0.6) is 0 Å². The smallest absolute Gasteiger partial charge is 0.306 e. The zero-order chi connectivity index (χ0) is 50.7. The summed E-state index contributed by atoms with van der Waals surface area (Å²) in [5.74, 6) is -0.966. The third-order valence-corrected chi connectivity index (χ3v) is 11.3. The molecule has 6 heteroatoms. The Labute approximate surface area is 429 Å². The summed E-state index contributed by atoms with van der Waals surface area (Å²) < 4.78 is 16.8. The fourth-order valence-electron chi connectivity index (χ4n) is 7.14. The molecule has 0 aliphatic carbocycles. The van der Waals surface area contributed by atoms with Gasteiger partial charge in [-0.2, -0.15) is 0 Å². The number of esters is 3. The SMILES string of the molecule is CC\C=C/C=C\C=C/C=C\CCCCCCCC(=O)OCC(COC(=O)CCCCCCCCCCC/C=C\C/C=C\C/C=C\CC)OC(=O)CCCCCCC\C=C/C=C\C=C/C=C\C=C/CCC. The van der Waals surface area contributed by atoms with E-state index < -0.39 is 6.10 Å². The van der Waals surface area contributed by atoms with Crippen LogP contribution in [-0.4, -0.2) is 37.2 Å². The van der Waals surface area contributed by atoms with E-state index in [2.05, 4.69) is 112 Å². The molecule has 0 aromatic heterocycles. The number of unbranched alkanes of at least 4 members (excludes halogenated alkanes) is 20. The molecule has 0 heterocycles. The van der Waals surface area contributed by atoms with Crippen LogP contribution in [0.25, 0.3) is 0 Å². The topological polar surface area (TPSA) is 78.9 Å². The van der Waals surface area contributed by atoms with Crippen LogP contribution in [0.2, 0.25) is 0 Å². The van der Waals surface area contributed by atoms with Crippen molar-refractivity contribution < 1.29 is 28.6 Å². The number of rotatable bonds is 48. The number of hydrogen-bond donors (Lipinski definition) is 0. The van der Waals surface area contributed by atoms with Gasteiger partial charge in [-0.25, -0.2) is 0 Å². The summed E-state index contributed by atoms with van der Waals surface area (Å²) in [7, 11) is 0. The number of carbonyl (C=O) groups is 3. The minimum atomic E-state index is -0.811. The lowest BCUT2D eigenvalue weighted by Gasteiger charge is -2.18. The van der Waals surface area contributed by atoms with Crippen LogP contribution in [-0.2, 0) is 28.6 Å². The van der Waals surface area contributed by atoms with Crippen LogP contribution in [0.3, 0.4) is 0 Å². The number of hydrogen-bond acceptors (Lipinski definition) is 6. The van der Waals surface area contributed by atoms with Gasteiger partial charge in [0, 0.05) is 19.3 Å². The highest BCUT2D eigenvalue weighted by atomic mass is 16.6. The number of allylic oxidation sites excluding steroid dienone is 24. The lowest BCUT2D eigenvalue weighted by Crippen LogP contribution is -2.30. The molecule has 0 aromatic carbocycles. The van der Waals surface area contributed by atoms with E-state index in [0.29, 0.717) is 12.8 Å². The van der Waals surface area contributed by atoms with Gasteiger partial charge in [0.05, 0.1) is 0 Å². The molecule has 1 atom stereocenters. The van der Waals surface area contributed by atoms with Crippen LogP contribution < -0.4 is 0 Å². The van der Waals surface area contributed by atoms with Crippen molar-refractivity contribution in [3.8, 4) is 0 Å². The molecule has 0 fully saturated rings. The first-order valence-corrected chi connectivity index (χ1v) is 28.0. The van der Waals surface area contributed by atoms with Gasteiger partial charge in [0.1, 0.15) is 13.2 Å². The first kappa shape index (κ1) is 65.3. The summed E-state index contributed by atoms with van der Waals surface area (Å²) in [5, 5.41) is 0. The molecule has 0 aliphatic rings. The summed E-state index contributed by atoms with van der Waals surface area (Å²) in [4.78, 5) is 38.2. The molecule has 0 saturated carbocycles. The molecule has 0 bridgehead atoms. The predicted octanol–water partition coefficient (Wildman–Crippen LogP) is 18.8. The number of carbonyl (C=O) groups excluding carboxylic acids is 3. The molecule has 70 heavy (non-hydrogen) atoms. The minimum absolute atomic E-state index is 0.106. The zero-order valence-corrected chi connectivity index (χ0v) is 44.7. The van der Waals surface area contributed by atoms with Crippen LogP contribution in [0.4, 0.5) is 0 Å². The molecule has 0 N–H and O–H groups in total. The van der Waals surface area contributed by atoms with Crippen molar-refractivity contribution >= 4 is 17.9 Å². The van der Waals surface area contributed by atoms with Crippen LogP contribution in [0, 0.1) is 0 Å². The summed E-state index contributed by atoms with van der Waals surface area (Å²) in [6, 6.07) is 0. The normalized spacial score (nSPS) is 13.2. The first-order chi connectivity index (χ1) is 34.5. The molecule has 0 aliphatic heterocycles. The lowest BCUT2D eigenvalue weighted by molar-refractivity contribution is -0.167. The van der Waals surface area contributed by atoms with E-state index >= 15 is 0 Å². The van der Waals surface area contributed by atoms with Crippen molar-refractivity contribution in [3.05, 3.63) is 146 Å². The van der Waals surface area contributed by atoms with Crippen LogP contribution >= 0.6 is 0 Å². The molecule has 392 valence electrons. The van der Waals surface area contributed by atoms with Gasteiger partial charge in [-0.05, 0) is 89.9 Å². The minimum Gasteiger partial charge on any atom is -0.462 e. The molecule has 0 saturated heterocycles. The quantitative estimate of drug-likeness (QED) is 0.0199. The van der Waals surface area contributed by atoms with Crippen molar-refractivity contribution in [2.45, 2.75) is 226 Å². The molecule has 0 aromatic rings. The Morgan fingerprint density at radius 3 is 1.04 bits per heavy atom. The summed E-state index contributed by atoms with van der Waals surface area (Å²) in [6.45, 7) is 6.24. The Bertz CT molecular complexity index is 1580. The Morgan fingerprint density at radius 1 is 0.314 bits per heavy atom. The van der Waals surface area contributed by atoms with Gasteiger partial charge in [-0.15, -0.1) is 0 Å². The molecule has 1 unspecified atom stereocenters. The van der Waals surface area contributed by atoms with E-state index in [4.69, 9.17) is 14.2 Å². The molecule has 6 nitrogen and oxygen atoms in total. The van der Waals surface area contributed by atoms with Gasteiger partial charge >= 0.3 is 17.9 Å². The maximum absolute atomic E-state index is 12.9. The van der Waals surface area contributed by atoms with Crippen LogP contribution in [0.15, 0.2) is 146 Å². The Kier molecular flexibility index (Phi) is 53.0. The second kappa shape index (κ2) is 56.9. The van der Waals surface area contributed by atoms with E-state index in [1.165, 1.54) is 44.9 Å². The van der Waals surface area contributed by atoms with Gasteiger partial charge in [-0.3, -0.25) is 14.4 Å². The predicted molar refractivity (Wildman–Crippen MR) is 302 cm³/mol. The summed E-state index contributed by atoms with van der Waals surface area (Å²) >= 11 is 0. The maximum atomic E-state index is 12.9. The zero-order valence-electron chi connectivity index (χ0n) is 44.7. The van der Waals surface area contributed by atoms with Crippen molar-refractivity contribution in [1.82, 2.24) is 0 Å². The number of ether oxygens (including phenoxy) is 3. The average molecular weight is 965 g/mol.